The number of esters is 1. The van der Waals surface area contributed by atoms with Crippen LogP contribution in [0.5, 0.6) is 0 Å². The molecule has 3 N–H and O–H groups in total. The van der Waals surface area contributed by atoms with E-state index in [4.69, 9.17) is 4.74 Å². The van der Waals surface area contributed by atoms with E-state index >= 15 is 0 Å². The van der Waals surface area contributed by atoms with Crippen molar-refractivity contribution in [1.29, 1.82) is 0 Å². The van der Waals surface area contributed by atoms with E-state index < -0.39 is 18.2 Å². The Morgan fingerprint density at radius 2 is 1.02 bits per heavy atom. The van der Waals surface area contributed by atoms with Crippen molar-refractivity contribution >= 4 is 11.9 Å². The highest BCUT2D eigenvalue weighted by Crippen LogP contribution is 2.17. The van der Waals surface area contributed by atoms with Crippen molar-refractivity contribution in [2.45, 2.75) is 244 Å². The first-order chi connectivity index (χ1) is 26.0. The van der Waals surface area contributed by atoms with E-state index in [0.29, 0.717) is 19.3 Å². The van der Waals surface area contributed by atoms with Gasteiger partial charge in [-0.1, -0.05) is 205 Å². The predicted molar refractivity (Wildman–Crippen MR) is 227 cm³/mol. The summed E-state index contributed by atoms with van der Waals surface area (Å²) in [6.45, 7) is 6.31. The highest BCUT2D eigenvalue weighted by atomic mass is 16.5. The number of amides is 1. The van der Waals surface area contributed by atoms with E-state index in [0.717, 1.165) is 70.6 Å². The quantitative estimate of drug-likeness (QED) is 0.0330. The predicted octanol–water partition coefficient (Wildman–Crippen LogP) is 12.9. The van der Waals surface area contributed by atoms with Gasteiger partial charge in [0.25, 0.3) is 0 Å². The zero-order valence-electron chi connectivity index (χ0n) is 35.1. The van der Waals surface area contributed by atoms with Crippen LogP contribution < -0.4 is 5.32 Å². The van der Waals surface area contributed by atoms with Gasteiger partial charge in [-0.15, -0.1) is 0 Å². The van der Waals surface area contributed by atoms with Gasteiger partial charge in [-0.05, 0) is 44.9 Å². The maximum atomic E-state index is 13.1. The Morgan fingerprint density at radius 1 is 0.566 bits per heavy atom. The van der Waals surface area contributed by atoms with Gasteiger partial charge in [0.1, 0.15) is 6.10 Å². The lowest BCUT2D eigenvalue weighted by atomic mass is 10.0. The Bertz CT molecular complexity index is 884. The summed E-state index contributed by atoms with van der Waals surface area (Å²) in [6, 6.07) is -0.707. The third kappa shape index (κ3) is 36.8. The lowest BCUT2D eigenvalue weighted by molar-refractivity contribution is -0.151. The van der Waals surface area contributed by atoms with Crippen LogP contribution >= 0.6 is 0 Å². The number of ether oxygens (including phenoxy) is 1. The van der Waals surface area contributed by atoms with Gasteiger partial charge in [0.05, 0.1) is 25.2 Å². The number of nitrogens with one attached hydrogen (secondary N) is 1. The first kappa shape index (κ1) is 51.1. The Kier molecular flexibility index (Phi) is 39.8. The number of hydrogen-bond donors (Lipinski definition) is 3. The van der Waals surface area contributed by atoms with Gasteiger partial charge in [-0.25, -0.2) is 0 Å². The Balaban J connectivity index is 4.59. The van der Waals surface area contributed by atoms with Crippen LogP contribution in [0.25, 0.3) is 0 Å². The van der Waals surface area contributed by atoms with E-state index in [2.05, 4.69) is 50.4 Å². The van der Waals surface area contributed by atoms with Crippen LogP contribution in [0.4, 0.5) is 0 Å². The molecule has 0 aliphatic carbocycles. The highest BCUT2D eigenvalue weighted by Gasteiger charge is 2.24. The van der Waals surface area contributed by atoms with Crippen molar-refractivity contribution in [1.82, 2.24) is 5.32 Å². The van der Waals surface area contributed by atoms with Gasteiger partial charge in [0.2, 0.25) is 5.91 Å². The fraction of sp³-hybridized carbons (Fsp3) is 0.830. The summed E-state index contributed by atoms with van der Waals surface area (Å²) in [5, 5.41) is 23.5. The Hall–Kier alpha value is -1.92. The number of rotatable bonds is 40. The molecule has 6 nitrogen and oxygen atoms in total. The molecule has 1 amide bonds. The molecule has 0 aromatic carbocycles. The average molecular weight is 746 g/mol. The Labute approximate surface area is 328 Å². The molecule has 0 bridgehead atoms. The summed E-state index contributed by atoms with van der Waals surface area (Å²) in [5.41, 5.74) is 0. The van der Waals surface area contributed by atoms with E-state index in [9.17, 15) is 19.8 Å². The fourth-order valence-corrected chi connectivity index (χ4v) is 6.84. The number of allylic oxidation sites excluding steroid dienone is 6. The Morgan fingerprint density at radius 3 is 1.53 bits per heavy atom. The number of hydrogen-bond acceptors (Lipinski definition) is 5. The number of unbranched alkanes of at least 4 members (excludes halogenated alkanes) is 24. The van der Waals surface area contributed by atoms with Gasteiger partial charge in [0.15, 0.2) is 0 Å². The van der Waals surface area contributed by atoms with Crippen LogP contribution in [-0.2, 0) is 14.3 Å². The number of carbonyl (C=O) groups excluding carboxylic acids is 2. The molecule has 3 unspecified atom stereocenters. The molecule has 0 spiro atoms. The van der Waals surface area contributed by atoms with Crippen LogP contribution in [0.3, 0.4) is 0 Å². The lowest BCUT2D eigenvalue weighted by Gasteiger charge is -2.24. The van der Waals surface area contributed by atoms with Crippen molar-refractivity contribution in [2.75, 3.05) is 6.61 Å². The van der Waals surface area contributed by atoms with Gasteiger partial charge in [0, 0.05) is 6.42 Å². The first-order valence-electron chi connectivity index (χ1n) is 22.7. The third-order valence-electron chi connectivity index (χ3n) is 10.3. The van der Waals surface area contributed by atoms with Crippen molar-refractivity contribution in [2.24, 2.45) is 0 Å². The largest absolute Gasteiger partial charge is 0.462 e. The molecule has 0 heterocycles. The van der Waals surface area contributed by atoms with Gasteiger partial charge >= 0.3 is 5.97 Å². The van der Waals surface area contributed by atoms with E-state index in [1.807, 2.05) is 12.2 Å². The van der Waals surface area contributed by atoms with Crippen LogP contribution in [0, 0.1) is 0 Å². The van der Waals surface area contributed by atoms with Crippen molar-refractivity contribution in [3.05, 3.63) is 36.5 Å². The SMILES string of the molecule is CC/C=C/C=C/C=C\CCCCCC(CC(=O)NC(CO)C(O)CCCCCCCCCCC)OC(=O)CCCCCCCCCCCCCCCC. The average Bonchev–Trinajstić information content (AvgIpc) is 3.15. The van der Waals surface area contributed by atoms with E-state index in [1.54, 1.807) is 0 Å². The molecule has 0 aromatic rings. The van der Waals surface area contributed by atoms with Crippen LogP contribution in [0.2, 0.25) is 0 Å². The molecule has 0 aliphatic rings. The normalized spacial score (nSPS) is 13.7. The smallest absolute Gasteiger partial charge is 0.306 e. The maximum Gasteiger partial charge on any atom is 0.306 e. The van der Waals surface area contributed by atoms with Gasteiger partial charge < -0.3 is 20.3 Å². The fourth-order valence-electron chi connectivity index (χ4n) is 6.84. The molecule has 0 aliphatic heterocycles. The van der Waals surface area contributed by atoms with Crippen LogP contribution in [0.1, 0.15) is 226 Å². The minimum Gasteiger partial charge on any atom is -0.462 e. The first-order valence-corrected chi connectivity index (χ1v) is 22.7. The van der Waals surface area contributed by atoms with Crippen LogP contribution in [-0.4, -0.2) is 46.9 Å². The summed E-state index contributed by atoms with van der Waals surface area (Å²) >= 11 is 0. The number of aliphatic hydroxyl groups excluding tert-OH is 2. The molecule has 0 rings (SSSR count). The number of carbonyl (C=O) groups is 2. The highest BCUT2D eigenvalue weighted by molar-refractivity contribution is 5.77. The number of aliphatic hydroxyl groups is 2. The summed E-state index contributed by atoms with van der Waals surface area (Å²) in [4.78, 5) is 25.9. The minimum absolute atomic E-state index is 0.0572. The molecular weight excluding hydrogens is 659 g/mol. The summed E-state index contributed by atoms with van der Waals surface area (Å²) in [5.74, 6) is -0.506. The van der Waals surface area contributed by atoms with Crippen molar-refractivity contribution < 1.29 is 24.5 Å². The zero-order valence-corrected chi connectivity index (χ0v) is 35.1. The van der Waals surface area contributed by atoms with Gasteiger partial charge in [-0.2, -0.15) is 0 Å². The van der Waals surface area contributed by atoms with Gasteiger partial charge in [-0.3, -0.25) is 9.59 Å². The molecule has 0 saturated carbocycles. The topological polar surface area (TPSA) is 95.9 Å². The monoisotopic (exact) mass is 746 g/mol. The zero-order chi connectivity index (χ0) is 38.9. The lowest BCUT2D eigenvalue weighted by Crippen LogP contribution is -2.46. The molecule has 0 fully saturated rings. The molecule has 0 aromatic heterocycles. The van der Waals surface area contributed by atoms with Crippen molar-refractivity contribution in [3.63, 3.8) is 0 Å². The summed E-state index contributed by atoms with van der Waals surface area (Å²) in [6.07, 6.45) is 46.4. The molecular formula is C47H87NO5. The molecule has 53 heavy (non-hydrogen) atoms. The molecule has 6 heteroatoms. The van der Waals surface area contributed by atoms with E-state index in [-0.39, 0.29) is 24.9 Å². The standard InChI is InChI=1S/C47H87NO5/c1-4-7-10-13-16-19-21-22-23-25-28-31-34-37-40-47(52)53-43(38-35-32-29-27-24-20-17-14-11-8-5-2)41-46(51)48-44(42-49)45(50)39-36-33-30-26-18-15-12-9-6-3/h8,11,14,17,20,24,43-45,49-50H,4-7,9-10,12-13,15-16,18-19,21-23,25-42H2,1-3H3,(H,48,51)/b11-8+,17-14+,24-20-. The second-order valence-corrected chi connectivity index (χ2v) is 15.5. The molecule has 0 radical (unpaired) electrons. The van der Waals surface area contributed by atoms with Crippen molar-refractivity contribution in [3.8, 4) is 0 Å². The summed E-state index contributed by atoms with van der Waals surface area (Å²) in [7, 11) is 0. The van der Waals surface area contributed by atoms with E-state index in [1.165, 1.54) is 109 Å². The molecule has 310 valence electrons. The van der Waals surface area contributed by atoms with Crippen LogP contribution in [0.15, 0.2) is 36.5 Å². The second kappa shape index (κ2) is 41.2. The molecule has 0 saturated heterocycles. The minimum atomic E-state index is -0.791. The second-order valence-electron chi connectivity index (χ2n) is 15.5. The summed E-state index contributed by atoms with van der Waals surface area (Å²) < 4.78 is 5.88. The molecule has 3 atom stereocenters. The third-order valence-corrected chi connectivity index (χ3v) is 10.3. The maximum absolute atomic E-state index is 13.1.